The Balaban J connectivity index is 2.57. The number of nitrogens with one attached hydrogen (secondary N) is 1. The first-order chi connectivity index (χ1) is 5.83. The molecule has 1 aromatic rings. The molecule has 0 saturated heterocycles. The van der Waals surface area contributed by atoms with E-state index in [0.717, 1.165) is 17.0 Å². The number of ether oxygens (including phenoxy) is 2. The summed E-state index contributed by atoms with van der Waals surface area (Å²) in [4.78, 5) is 4.08. The van der Waals surface area contributed by atoms with Crippen LogP contribution in [-0.2, 0) is 0 Å². The van der Waals surface area contributed by atoms with Crippen molar-refractivity contribution in [2.75, 3.05) is 19.2 Å². The van der Waals surface area contributed by atoms with Gasteiger partial charge < -0.3 is 14.8 Å². The van der Waals surface area contributed by atoms with Gasteiger partial charge in [0.2, 0.25) is 5.75 Å². The molecule has 1 aliphatic heterocycles. The summed E-state index contributed by atoms with van der Waals surface area (Å²) >= 11 is 0. The van der Waals surface area contributed by atoms with Crippen LogP contribution >= 0.6 is 0 Å². The van der Waals surface area contributed by atoms with Gasteiger partial charge in [0.15, 0.2) is 6.73 Å². The first-order valence-electron chi connectivity index (χ1n) is 3.73. The number of anilines is 1. The smallest absolute Gasteiger partial charge is 0.259 e. The highest BCUT2D eigenvalue weighted by molar-refractivity contribution is 5.67. The predicted molar refractivity (Wildman–Crippen MR) is 44.6 cm³/mol. The molecule has 0 fully saturated rings. The monoisotopic (exact) mass is 166 g/mol. The SMILES string of the molecule is COc1ncc(C)c2c1OCN2. The highest BCUT2D eigenvalue weighted by atomic mass is 16.5. The van der Waals surface area contributed by atoms with Gasteiger partial charge in [-0.05, 0) is 12.5 Å². The van der Waals surface area contributed by atoms with Gasteiger partial charge in [0.1, 0.15) is 0 Å². The molecule has 4 nitrogen and oxygen atoms in total. The standard InChI is InChI=1S/C8H10N2O2/c1-5-3-9-8(11-2)7-6(5)10-4-12-7/h3,10H,4H2,1-2H3. The van der Waals surface area contributed by atoms with Gasteiger partial charge in [0, 0.05) is 6.20 Å². The zero-order valence-corrected chi connectivity index (χ0v) is 7.05. The maximum Gasteiger partial charge on any atom is 0.259 e. The Bertz CT molecular complexity index is 312. The Kier molecular flexibility index (Phi) is 1.53. The van der Waals surface area contributed by atoms with Crippen LogP contribution in [0.5, 0.6) is 11.6 Å². The van der Waals surface area contributed by atoms with Crippen molar-refractivity contribution in [3.8, 4) is 11.6 Å². The van der Waals surface area contributed by atoms with Gasteiger partial charge in [-0.3, -0.25) is 0 Å². The molecule has 0 amide bonds. The molecule has 0 saturated carbocycles. The number of rotatable bonds is 1. The van der Waals surface area contributed by atoms with Crippen LogP contribution in [0.3, 0.4) is 0 Å². The molecule has 2 heterocycles. The molecule has 1 aliphatic rings. The van der Waals surface area contributed by atoms with Gasteiger partial charge in [0.25, 0.3) is 5.88 Å². The van der Waals surface area contributed by atoms with Crippen molar-refractivity contribution < 1.29 is 9.47 Å². The minimum atomic E-state index is 0.498. The molecule has 12 heavy (non-hydrogen) atoms. The highest BCUT2D eigenvalue weighted by Gasteiger charge is 2.19. The van der Waals surface area contributed by atoms with E-state index < -0.39 is 0 Å². The van der Waals surface area contributed by atoms with Crippen LogP contribution < -0.4 is 14.8 Å². The molecule has 0 bridgehead atoms. The molecular formula is C8H10N2O2. The summed E-state index contributed by atoms with van der Waals surface area (Å²) in [6.45, 7) is 2.48. The summed E-state index contributed by atoms with van der Waals surface area (Å²) in [5.41, 5.74) is 2.06. The van der Waals surface area contributed by atoms with Crippen LogP contribution in [0, 0.1) is 6.92 Å². The van der Waals surface area contributed by atoms with Crippen LogP contribution in [0.2, 0.25) is 0 Å². The van der Waals surface area contributed by atoms with Crippen molar-refractivity contribution in [3.05, 3.63) is 11.8 Å². The Hall–Kier alpha value is -1.45. The molecule has 0 unspecified atom stereocenters. The summed E-state index contributed by atoms with van der Waals surface area (Å²) < 4.78 is 10.3. The normalized spacial score (nSPS) is 13.2. The lowest BCUT2D eigenvalue weighted by Gasteiger charge is -2.05. The van der Waals surface area contributed by atoms with Crippen molar-refractivity contribution >= 4 is 5.69 Å². The third kappa shape index (κ3) is 0.879. The summed E-state index contributed by atoms with van der Waals surface area (Å²) in [6.07, 6.45) is 1.76. The van der Waals surface area contributed by atoms with E-state index in [2.05, 4.69) is 10.3 Å². The first-order valence-corrected chi connectivity index (χ1v) is 3.73. The van der Waals surface area contributed by atoms with Crippen molar-refractivity contribution in [1.82, 2.24) is 4.98 Å². The Morgan fingerprint density at radius 1 is 1.67 bits per heavy atom. The summed E-state index contributed by atoms with van der Waals surface area (Å²) in [5.74, 6) is 1.26. The third-order valence-corrected chi connectivity index (χ3v) is 1.85. The highest BCUT2D eigenvalue weighted by Crippen LogP contribution is 2.38. The van der Waals surface area contributed by atoms with Gasteiger partial charge in [-0.15, -0.1) is 0 Å². The minimum absolute atomic E-state index is 0.498. The molecule has 0 atom stereocenters. The number of fused-ring (bicyclic) bond motifs is 1. The van der Waals surface area contributed by atoms with E-state index in [1.165, 1.54) is 0 Å². The average Bonchev–Trinajstić information content (AvgIpc) is 2.54. The van der Waals surface area contributed by atoms with E-state index in [-0.39, 0.29) is 0 Å². The van der Waals surface area contributed by atoms with Gasteiger partial charge >= 0.3 is 0 Å². The van der Waals surface area contributed by atoms with Gasteiger partial charge in [-0.1, -0.05) is 0 Å². The van der Waals surface area contributed by atoms with E-state index in [1.807, 2.05) is 6.92 Å². The fourth-order valence-electron chi connectivity index (χ4n) is 1.24. The van der Waals surface area contributed by atoms with Crippen LogP contribution in [0.15, 0.2) is 6.20 Å². The molecule has 1 N–H and O–H groups in total. The molecule has 2 rings (SSSR count). The molecule has 64 valence electrons. The molecule has 1 aromatic heterocycles. The zero-order valence-electron chi connectivity index (χ0n) is 7.05. The number of nitrogens with zero attached hydrogens (tertiary/aromatic N) is 1. The Morgan fingerprint density at radius 2 is 2.50 bits per heavy atom. The Morgan fingerprint density at radius 3 is 3.25 bits per heavy atom. The quantitative estimate of drug-likeness (QED) is 0.679. The molecule has 0 aliphatic carbocycles. The lowest BCUT2D eigenvalue weighted by molar-refractivity contribution is 0.327. The largest absolute Gasteiger partial charge is 0.478 e. The molecular weight excluding hydrogens is 156 g/mol. The average molecular weight is 166 g/mol. The second-order valence-electron chi connectivity index (χ2n) is 2.62. The predicted octanol–water partition coefficient (Wildman–Crippen LogP) is 1.16. The van der Waals surface area contributed by atoms with E-state index in [1.54, 1.807) is 13.3 Å². The number of hydrogen-bond acceptors (Lipinski definition) is 4. The van der Waals surface area contributed by atoms with Crippen molar-refractivity contribution in [2.24, 2.45) is 0 Å². The summed E-state index contributed by atoms with van der Waals surface area (Å²) in [5, 5.41) is 3.10. The van der Waals surface area contributed by atoms with E-state index in [9.17, 15) is 0 Å². The molecule has 0 radical (unpaired) electrons. The van der Waals surface area contributed by atoms with Gasteiger partial charge in [-0.25, -0.2) is 4.98 Å². The van der Waals surface area contributed by atoms with E-state index in [0.29, 0.717) is 12.6 Å². The number of methoxy groups -OCH3 is 1. The summed E-state index contributed by atoms with van der Waals surface area (Å²) in [7, 11) is 1.58. The zero-order chi connectivity index (χ0) is 8.55. The Labute approximate surface area is 70.5 Å². The lowest BCUT2D eigenvalue weighted by Crippen LogP contribution is -1.97. The third-order valence-electron chi connectivity index (χ3n) is 1.85. The maximum atomic E-state index is 5.30. The fraction of sp³-hybridized carbons (Fsp3) is 0.375. The molecule has 0 aromatic carbocycles. The van der Waals surface area contributed by atoms with Gasteiger partial charge in [0.05, 0.1) is 12.8 Å². The lowest BCUT2D eigenvalue weighted by atomic mass is 10.2. The van der Waals surface area contributed by atoms with Crippen molar-refractivity contribution in [2.45, 2.75) is 6.92 Å². The van der Waals surface area contributed by atoms with E-state index in [4.69, 9.17) is 9.47 Å². The van der Waals surface area contributed by atoms with Crippen LogP contribution in [-0.4, -0.2) is 18.8 Å². The van der Waals surface area contributed by atoms with E-state index >= 15 is 0 Å². The number of pyridine rings is 1. The van der Waals surface area contributed by atoms with Gasteiger partial charge in [-0.2, -0.15) is 0 Å². The molecule has 4 heteroatoms. The second-order valence-corrected chi connectivity index (χ2v) is 2.62. The minimum Gasteiger partial charge on any atom is -0.478 e. The topological polar surface area (TPSA) is 43.4 Å². The van der Waals surface area contributed by atoms with Crippen LogP contribution in [0.1, 0.15) is 5.56 Å². The fourth-order valence-corrected chi connectivity index (χ4v) is 1.24. The van der Waals surface area contributed by atoms with Crippen molar-refractivity contribution in [3.63, 3.8) is 0 Å². The first kappa shape index (κ1) is 7.21. The van der Waals surface area contributed by atoms with Crippen molar-refractivity contribution in [1.29, 1.82) is 0 Å². The number of aryl methyl sites for hydroxylation is 1. The maximum absolute atomic E-state index is 5.30. The number of hydrogen-bond donors (Lipinski definition) is 1. The second kappa shape index (κ2) is 2.55. The summed E-state index contributed by atoms with van der Waals surface area (Å²) in [6, 6.07) is 0. The number of aromatic nitrogens is 1. The molecule has 0 spiro atoms. The van der Waals surface area contributed by atoms with Crippen LogP contribution in [0.4, 0.5) is 5.69 Å². The van der Waals surface area contributed by atoms with Crippen LogP contribution in [0.25, 0.3) is 0 Å².